The zero-order valence-electron chi connectivity index (χ0n) is 3.89. The monoisotopic (exact) mass is 89.0 g/mol. The van der Waals surface area contributed by atoms with Crippen LogP contribution in [-0.4, -0.2) is 0 Å². The molecule has 7 heavy (non-hydrogen) atoms. The maximum Gasteiger partial charge on any atom is 0.0299 e. The molecule has 0 aliphatic heterocycles. The molecule has 0 aliphatic rings. The molecule has 1 aromatic carbocycles. The molecule has 0 aliphatic carbocycles. The lowest BCUT2D eigenvalue weighted by Crippen LogP contribution is -1.62. The Balaban J connectivity index is 3.02. The summed E-state index contributed by atoms with van der Waals surface area (Å²) in [5.74, 6) is 0. The zero-order valence-corrected chi connectivity index (χ0v) is 3.89. The summed E-state index contributed by atoms with van der Waals surface area (Å²) >= 11 is 0. The Hall–Kier alpha value is -0.780. The topological polar surface area (TPSA) is 0 Å². The Kier molecular flexibility index (Phi) is 1.12. The maximum atomic E-state index is 7.00. The molecule has 0 bridgehead atoms. The fourth-order valence-corrected chi connectivity index (χ4v) is 0.438. The highest BCUT2D eigenvalue weighted by atomic mass is 13.8. The Morgan fingerprint density at radius 1 is 1.00 bits per heavy atom. The minimum Gasteiger partial charge on any atom is -0.0622 e. The average Bonchev–Trinajstić information content (AvgIpc) is 1.69. The van der Waals surface area contributed by atoms with Crippen LogP contribution < -0.4 is 0 Å². The molecule has 0 aromatic heterocycles. The van der Waals surface area contributed by atoms with Crippen molar-refractivity contribution in [3.8, 4) is 0 Å². The standard InChI is InChI=1S/C7H5/c1-7-5-3-2-4-6-7/h2-6H. The van der Waals surface area contributed by atoms with Crippen LogP contribution >= 0.6 is 0 Å². The second kappa shape index (κ2) is 1.78. The van der Waals surface area contributed by atoms with Crippen LogP contribution in [0.25, 0.3) is 0 Å². The molecule has 0 saturated carbocycles. The van der Waals surface area contributed by atoms with Gasteiger partial charge < -0.3 is 0 Å². The number of hydrogen-bond acceptors (Lipinski definition) is 0. The minimum atomic E-state index is 0.572. The van der Waals surface area contributed by atoms with Gasteiger partial charge in [0.1, 0.15) is 0 Å². The third-order valence-electron chi connectivity index (χ3n) is 0.774. The first-order chi connectivity index (χ1) is 3.39. The third-order valence-corrected chi connectivity index (χ3v) is 0.774. The minimum absolute atomic E-state index is 0.572. The Morgan fingerprint density at radius 2 is 1.57 bits per heavy atom. The number of rotatable bonds is 0. The van der Waals surface area contributed by atoms with Crippen molar-refractivity contribution in [1.29, 1.82) is 0 Å². The van der Waals surface area contributed by atoms with Crippen LogP contribution in [0.5, 0.6) is 0 Å². The lowest BCUT2D eigenvalue weighted by Gasteiger charge is -1.81. The average molecular weight is 89.1 g/mol. The Morgan fingerprint density at radius 3 is 1.86 bits per heavy atom. The van der Waals surface area contributed by atoms with E-state index in [0.717, 1.165) is 0 Å². The predicted molar refractivity (Wildman–Crippen MR) is 28.8 cm³/mol. The summed E-state index contributed by atoms with van der Waals surface area (Å²) < 4.78 is 0. The van der Waals surface area contributed by atoms with E-state index in [-0.39, 0.29) is 0 Å². The fourth-order valence-electron chi connectivity index (χ4n) is 0.438. The zero-order chi connectivity index (χ0) is 5.11. The summed E-state index contributed by atoms with van der Waals surface area (Å²) in [6.45, 7) is 7.00. The van der Waals surface area contributed by atoms with Crippen LogP contribution in [0, 0.1) is 6.92 Å². The second-order valence-corrected chi connectivity index (χ2v) is 1.37. The van der Waals surface area contributed by atoms with Crippen molar-refractivity contribution in [3.63, 3.8) is 0 Å². The second-order valence-electron chi connectivity index (χ2n) is 1.37. The van der Waals surface area contributed by atoms with Crippen LogP contribution in [0.3, 0.4) is 0 Å². The lowest BCUT2D eigenvalue weighted by atomic mass is 10.2. The molecule has 3 radical (unpaired) electrons. The van der Waals surface area contributed by atoms with Crippen molar-refractivity contribution in [2.24, 2.45) is 0 Å². The molecule has 0 atom stereocenters. The molecule has 0 amide bonds. The van der Waals surface area contributed by atoms with E-state index in [0.29, 0.717) is 5.56 Å². The summed E-state index contributed by atoms with van der Waals surface area (Å²) in [6, 6.07) is 9.10. The van der Waals surface area contributed by atoms with E-state index >= 15 is 0 Å². The lowest BCUT2D eigenvalue weighted by molar-refractivity contribution is 1.62. The van der Waals surface area contributed by atoms with Gasteiger partial charge in [-0.25, -0.2) is 0 Å². The van der Waals surface area contributed by atoms with Crippen LogP contribution in [0.2, 0.25) is 0 Å². The van der Waals surface area contributed by atoms with Gasteiger partial charge in [0.25, 0.3) is 0 Å². The van der Waals surface area contributed by atoms with Gasteiger partial charge in [0.2, 0.25) is 0 Å². The third kappa shape index (κ3) is 1.04. The van der Waals surface area contributed by atoms with Crippen molar-refractivity contribution < 1.29 is 0 Å². The molecule has 0 N–H and O–H groups in total. The van der Waals surface area contributed by atoms with Crippen LogP contribution in [0.15, 0.2) is 30.3 Å². The highest BCUT2D eigenvalue weighted by molar-refractivity contribution is 5.16. The van der Waals surface area contributed by atoms with Crippen molar-refractivity contribution in [2.45, 2.75) is 0 Å². The van der Waals surface area contributed by atoms with E-state index in [1.54, 1.807) is 12.1 Å². The quantitative estimate of drug-likeness (QED) is 0.453. The van der Waals surface area contributed by atoms with Crippen molar-refractivity contribution in [3.05, 3.63) is 42.8 Å². The first-order valence-electron chi connectivity index (χ1n) is 2.16. The molecule has 1 aromatic rings. The first kappa shape index (κ1) is 4.38. The van der Waals surface area contributed by atoms with Gasteiger partial charge in [-0.05, 0) is 5.56 Å². The van der Waals surface area contributed by atoms with Gasteiger partial charge in [-0.15, -0.1) is 0 Å². The molecule has 0 heteroatoms. The van der Waals surface area contributed by atoms with Crippen LogP contribution in [0.4, 0.5) is 0 Å². The van der Waals surface area contributed by atoms with E-state index in [9.17, 15) is 0 Å². The first-order valence-corrected chi connectivity index (χ1v) is 2.16. The highest BCUT2D eigenvalue weighted by Gasteiger charge is 1.73. The summed E-state index contributed by atoms with van der Waals surface area (Å²) in [6.07, 6.45) is 0. The van der Waals surface area contributed by atoms with Gasteiger partial charge in [-0.3, -0.25) is 0 Å². The van der Waals surface area contributed by atoms with Gasteiger partial charge in [0, 0.05) is 6.92 Å². The summed E-state index contributed by atoms with van der Waals surface area (Å²) in [4.78, 5) is 0. The molecule has 0 spiro atoms. The van der Waals surface area contributed by atoms with E-state index in [1.165, 1.54) is 0 Å². The molecule has 1 rings (SSSR count). The Bertz CT molecular complexity index is 130. The molecular formula is C7H5. The smallest absolute Gasteiger partial charge is 0.0299 e. The summed E-state index contributed by atoms with van der Waals surface area (Å²) in [5.41, 5.74) is 0.572. The van der Waals surface area contributed by atoms with Gasteiger partial charge in [0.15, 0.2) is 0 Å². The van der Waals surface area contributed by atoms with E-state index in [1.807, 2.05) is 18.2 Å². The largest absolute Gasteiger partial charge is 0.0622 e. The van der Waals surface area contributed by atoms with Gasteiger partial charge in [0.05, 0.1) is 0 Å². The highest BCUT2D eigenvalue weighted by Crippen LogP contribution is 1.92. The van der Waals surface area contributed by atoms with E-state index < -0.39 is 0 Å². The molecular weight excluding hydrogens is 84.1 g/mol. The van der Waals surface area contributed by atoms with Crippen LogP contribution in [0.1, 0.15) is 5.56 Å². The van der Waals surface area contributed by atoms with Gasteiger partial charge in [-0.1, -0.05) is 30.3 Å². The predicted octanol–water partition coefficient (Wildman–Crippen LogP) is 1.62. The Labute approximate surface area is 43.8 Å². The number of hydrogen-bond donors (Lipinski definition) is 0. The molecule has 0 unspecified atom stereocenters. The van der Waals surface area contributed by atoms with Crippen molar-refractivity contribution in [1.82, 2.24) is 0 Å². The molecule has 33 valence electrons. The van der Waals surface area contributed by atoms with Gasteiger partial charge in [-0.2, -0.15) is 0 Å². The SMILES string of the molecule is [C]c1ccccc1. The fraction of sp³-hybridized carbons (Fsp3) is 0. The maximum absolute atomic E-state index is 7.00. The number of benzene rings is 1. The molecule has 0 nitrogen and oxygen atoms in total. The van der Waals surface area contributed by atoms with Crippen molar-refractivity contribution >= 4 is 0 Å². The molecule has 0 heterocycles. The van der Waals surface area contributed by atoms with Crippen molar-refractivity contribution in [2.75, 3.05) is 0 Å². The molecule has 0 fully saturated rings. The summed E-state index contributed by atoms with van der Waals surface area (Å²) in [7, 11) is 0. The van der Waals surface area contributed by atoms with Crippen LogP contribution in [-0.2, 0) is 0 Å². The van der Waals surface area contributed by atoms with Gasteiger partial charge >= 0.3 is 0 Å². The van der Waals surface area contributed by atoms with E-state index in [4.69, 9.17) is 6.92 Å². The molecule has 0 saturated heterocycles. The summed E-state index contributed by atoms with van der Waals surface area (Å²) in [5, 5.41) is 0. The van der Waals surface area contributed by atoms with E-state index in [2.05, 4.69) is 0 Å². The normalized spacial score (nSPS) is 8.71.